The summed E-state index contributed by atoms with van der Waals surface area (Å²) in [5, 5.41) is 6.13. The fraction of sp³-hybridized carbons (Fsp3) is 0.909. The van der Waals surface area contributed by atoms with E-state index in [1.54, 1.807) is 7.11 Å². The van der Waals surface area contributed by atoms with Gasteiger partial charge >= 0.3 is 0 Å². The monoisotopic (exact) mass is 216 g/mol. The van der Waals surface area contributed by atoms with Crippen molar-refractivity contribution >= 4 is 5.91 Å². The van der Waals surface area contributed by atoms with Gasteiger partial charge in [-0.3, -0.25) is 4.79 Å². The quantitative estimate of drug-likeness (QED) is 0.645. The highest BCUT2D eigenvalue weighted by Crippen LogP contribution is 2.11. The number of hydrogen-bond acceptors (Lipinski definition) is 3. The zero-order chi connectivity index (χ0) is 11.9. The maximum atomic E-state index is 11.5. The lowest BCUT2D eigenvalue weighted by molar-refractivity contribution is -0.128. The van der Waals surface area contributed by atoms with Gasteiger partial charge in [0.05, 0.1) is 6.61 Å². The predicted molar refractivity (Wildman–Crippen MR) is 61.8 cm³/mol. The molecule has 1 amide bonds. The summed E-state index contributed by atoms with van der Waals surface area (Å²) in [4.78, 5) is 11.5. The number of ether oxygens (including phenoxy) is 1. The average Bonchev–Trinajstić information content (AvgIpc) is 2.11. The molecule has 0 saturated heterocycles. The van der Waals surface area contributed by atoms with Crippen LogP contribution in [0.15, 0.2) is 0 Å². The summed E-state index contributed by atoms with van der Waals surface area (Å²) < 4.78 is 4.99. The number of amides is 1. The molecular formula is C11H24N2O2. The molecule has 4 nitrogen and oxygen atoms in total. The topological polar surface area (TPSA) is 50.4 Å². The molecule has 0 aliphatic heterocycles. The molecule has 0 aromatic heterocycles. The van der Waals surface area contributed by atoms with Crippen LogP contribution < -0.4 is 10.6 Å². The highest BCUT2D eigenvalue weighted by atomic mass is 16.5. The van der Waals surface area contributed by atoms with Crippen LogP contribution in [0.4, 0.5) is 0 Å². The van der Waals surface area contributed by atoms with Crippen molar-refractivity contribution in [3.8, 4) is 0 Å². The molecule has 0 rings (SSSR count). The molecule has 0 aliphatic rings. The maximum absolute atomic E-state index is 11.5. The minimum absolute atomic E-state index is 0.0868. The molecule has 0 bridgehead atoms. The van der Waals surface area contributed by atoms with E-state index < -0.39 is 0 Å². The van der Waals surface area contributed by atoms with Crippen molar-refractivity contribution in [2.45, 2.75) is 33.7 Å². The molecule has 15 heavy (non-hydrogen) atoms. The fourth-order valence-electron chi connectivity index (χ4n) is 1.07. The van der Waals surface area contributed by atoms with Crippen molar-refractivity contribution < 1.29 is 9.53 Å². The number of hydrogen-bond donors (Lipinski definition) is 2. The molecule has 2 N–H and O–H groups in total. The van der Waals surface area contributed by atoms with Gasteiger partial charge in [0.2, 0.25) is 5.91 Å². The Morgan fingerprint density at radius 1 is 1.33 bits per heavy atom. The molecule has 0 aromatic carbocycles. The highest BCUT2D eigenvalue weighted by molar-refractivity contribution is 5.81. The third-order valence-corrected chi connectivity index (χ3v) is 2.00. The van der Waals surface area contributed by atoms with Crippen molar-refractivity contribution in [2.24, 2.45) is 5.41 Å². The van der Waals surface area contributed by atoms with Gasteiger partial charge in [0.25, 0.3) is 0 Å². The average molecular weight is 216 g/mol. The standard InChI is InChI=1S/C11H24N2O2/c1-9(8-15-5)12-6-7-13-10(14)11(2,3)4/h9,12H,6-8H2,1-5H3,(H,13,14). The van der Waals surface area contributed by atoms with Gasteiger partial charge in [0.1, 0.15) is 0 Å². The number of methoxy groups -OCH3 is 1. The van der Waals surface area contributed by atoms with Gasteiger partial charge in [-0.15, -0.1) is 0 Å². The summed E-state index contributed by atoms with van der Waals surface area (Å²) in [5.41, 5.74) is -0.307. The molecule has 90 valence electrons. The summed E-state index contributed by atoms with van der Waals surface area (Å²) in [6, 6.07) is 0.321. The lowest BCUT2D eigenvalue weighted by Crippen LogP contribution is -2.41. The molecule has 0 saturated carbocycles. The van der Waals surface area contributed by atoms with E-state index in [0.29, 0.717) is 19.2 Å². The summed E-state index contributed by atoms with van der Waals surface area (Å²) in [6.45, 7) is 9.88. The van der Waals surface area contributed by atoms with Crippen LogP contribution in [-0.2, 0) is 9.53 Å². The molecule has 0 aliphatic carbocycles. The second kappa shape index (κ2) is 6.80. The zero-order valence-electron chi connectivity index (χ0n) is 10.5. The van der Waals surface area contributed by atoms with Crippen LogP contribution in [0, 0.1) is 5.41 Å². The molecule has 4 heteroatoms. The first kappa shape index (κ1) is 14.4. The molecule has 1 unspecified atom stereocenters. The Bertz CT molecular complexity index is 188. The lowest BCUT2D eigenvalue weighted by atomic mass is 9.96. The summed E-state index contributed by atoms with van der Waals surface area (Å²) in [6.07, 6.45) is 0. The van der Waals surface area contributed by atoms with Crippen LogP contribution in [0.3, 0.4) is 0 Å². The van der Waals surface area contributed by atoms with Gasteiger partial charge in [-0.2, -0.15) is 0 Å². The Hall–Kier alpha value is -0.610. The number of nitrogens with one attached hydrogen (secondary N) is 2. The summed E-state index contributed by atoms with van der Waals surface area (Å²) in [7, 11) is 1.68. The van der Waals surface area contributed by atoms with E-state index in [4.69, 9.17) is 4.74 Å². The van der Waals surface area contributed by atoms with Crippen LogP contribution in [0.25, 0.3) is 0 Å². The van der Waals surface area contributed by atoms with E-state index in [9.17, 15) is 4.79 Å². The SMILES string of the molecule is COCC(C)NCCNC(=O)C(C)(C)C. The van der Waals surface area contributed by atoms with E-state index in [-0.39, 0.29) is 11.3 Å². The molecule has 0 fully saturated rings. The van der Waals surface area contributed by atoms with Gasteiger partial charge in [0, 0.05) is 31.7 Å². The van der Waals surface area contributed by atoms with Crippen molar-refractivity contribution in [3.05, 3.63) is 0 Å². The van der Waals surface area contributed by atoms with Crippen LogP contribution in [0.2, 0.25) is 0 Å². The Balaban J connectivity index is 3.51. The number of rotatable bonds is 6. The Morgan fingerprint density at radius 2 is 1.93 bits per heavy atom. The lowest BCUT2D eigenvalue weighted by Gasteiger charge is -2.18. The fourth-order valence-corrected chi connectivity index (χ4v) is 1.07. The van der Waals surface area contributed by atoms with Gasteiger partial charge in [-0.1, -0.05) is 20.8 Å². The van der Waals surface area contributed by atoms with Crippen molar-refractivity contribution in [2.75, 3.05) is 26.8 Å². The largest absolute Gasteiger partial charge is 0.383 e. The second-order valence-corrected chi connectivity index (χ2v) is 4.82. The molecule has 0 heterocycles. The zero-order valence-corrected chi connectivity index (χ0v) is 10.5. The van der Waals surface area contributed by atoms with Crippen LogP contribution >= 0.6 is 0 Å². The van der Waals surface area contributed by atoms with Crippen LogP contribution in [0.5, 0.6) is 0 Å². The van der Waals surface area contributed by atoms with Gasteiger partial charge in [-0.25, -0.2) is 0 Å². The van der Waals surface area contributed by atoms with E-state index in [1.807, 2.05) is 20.8 Å². The molecule has 0 aromatic rings. The Kier molecular flexibility index (Phi) is 6.52. The van der Waals surface area contributed by atoms with Gasteiger partial charge < -0.3 is 15.4 Å². The highest BCUT2D eigenvalue weighted by Gasteiger charge is 2.20. The van der Waals surface area contributed by atoms with Gasteiger partial charge in [-0.05, 0) is 6.92 Å². The molecule has 1 atom stereocenters. The normalized spacial score (nSPS) is 13.7. The smallest absolute Gasteiger partial charge is 0.225 e. The first-order valence-electron chi connectivity index (χ1n) is 5.38. The molecular weight excluding hydrogens is 192 g/mol. The molecule has 0 spiro atoms. The van der Waals surface area contributed by atoms with E-state index >= 15 is 0 Å². The first-order valence-corrected chi connectivity index (χ1v) is 5.38. The Labute approximate surface area is 92.8 Å². The predicted octanol–water partition coefficient (Wildman–Crippen LogP) is 0.773. The summed E-state index contributed by atoms with van der Waals surface area (Å²) >= 11 is 0. The van der Waals surface area contributed by atoms with Gasteiger partial charge in [0.15, 0.2) is 0 Å². The van der Waals surface area contributed by atoms with E-state index in [0.717, 1.165) is 6.54 Å². The minimum Gasteiger partial charge on any atom is -0.383 e. The number of carbonyl (C=O) groups is 1. The van der Waals surface area contributed by atoms with E-state index in [2.05, 4.69) is 17.6 Å². The second-order valence-electron chi connectivity index (χ2n) is 4.82. The minimum atomic E-state index is -0.307. The Morgan fingerprint density at radius 3 is 2.40 bits per heavy atom. The number of carbonyl (C=O) groups excluding carboxylic acids is 1. The summed E-state index contributed by atoms with van der Waals surface area (Å²) in [5.74, 6) is 0.0868. The third kappa shape index (κ3) is 7.33. The van der Waals surface area contributed by atoms with Crippen LogP contribution in [-0.4, -0.2) is 38.8 Å². The van der Waals surface area contributed by atoms with Crippen molar-refractivity contribution in [1.82, 2.24) is 10.6 Å². The van der Waals surface area contributed by atoms with Crippen LogP contribution in [0.1, 0.15) is 27.7 Å². The first-order chi connectivity index (χ1) is 6.88. The maximum Gasteiger partial charge on any atom is 0.225 e. The third-order valence-electron chi connectivity index (χ3n) is 2.00. The van der Waals surface area contributed by atoms with Crippen molar-refractivity contribution in [1.29, 1.82) is 0 Å². The van der Waals surface area contributed by atoms with Crippen molar-refractivity contribution in [3.63, 3.8) is 0 Å². The molecule has 0 radical (unpaired) electrons. The van der Waals surface area contributed by atoms with E-state index in [1.165, 1.54) is 0 Å².